The van der Waals surface area contributed by atoms with Gasteiger partial charge in [-0.3, -0.25) is 4.68 Å². The summed E-state index contributed by atoms with van der Waals surface area (Å²) < 4.78 is 7.07. The molecule has 0 radical (unpaired) electrons. The SMILES string of the molecule is COc1nc(C)cc(N2CCC(Cn3ccnn3)CC2)n1. The van der Waals surface area contributed by atoms with Gasteiger partial charge in [0.2, 0.25) is 0 Å². The van der Waals surface area contributed by atoms with Gasteiger partial charge in [-0.25, -0.2) is 4.98 Å². The number of ether oxygens (including phenoxy) is 1. The van der Waals surface area contributed by atoms with E-state index in [0.717, 1.165) is 44.0 Å². The summed E-state index contributed by atoms with van der Waals surface area (Å²) in [5.41, 5.74) is 0.932. The molecule has 0 unspecified atom stereocenters. The predicted molar refractivity (Wildman–Crippen MR) is 78.3 cm³/mol. The van der Waals surface area contributed by atoms with Crippen LogP contribution in [0.15, 0.2) is 18.5 Å². The average Bonchev–Trinajstić information content (AvgIpc) is 3.00. The standard InChI is InChI=1S/C14H20N6O/c1-11-9-13(17-14(16-11)21-2)19-6-3-12(4-7-19)10-20-8-5-15-18-20/h5,8-9,12H,3-4,6-7,10H2,1-2H3. The Bertz CT molecular complexity index is 577. The maximum atomic E-state index is 5.15. The summed E-state index contributed by atoms with van der Waals surface area (Å²) in [6.45, 7) is 4.91. The maximum absolute atomic E-state index is 5.15. The topological polar surface area (TPSA) is 69.0 Å². The van der Waals surface area contributed by atoms with E-state index in [1.54, 1.807) is 13.3 Å². The highest BCUT2D eigenvalue weighted by Crippen LogP contribution is 2.24. The lowest BCUT2D eigenvalue weighted by Gasteiger charge is -2.32. The fraction of sp³-hybridized carbons (Fsp3) is 0.571. The Balaban J connectivity index is 1.61. The summed E-state index contributed by atoms with van der Waals surface area (Å²) in [4.78, 5) is 11.0. The fourth-order valence-corrected chi connectivity index (χ4v) is 2.72. The number of aromatic nitrogens is 5. The molecule has 7 heteroatoms. The molecule has 1 saturated heterocycles. The van der Waals surface area contributed by atoms with Crippen LogP contribution >= 0.6 is 0 Å². The molecule has 1 aliphatic heterocycles. The number of hydrogen-bond donors (Lipinski definition) is 0. The molecule has 0 N–H and O–H groups in total. The first-order valence-electron chi connectivity index (χ1n) is 7.23. The van der Waals surface area contributed by atoms with Crippen molar-refractivity contribution in [2.24, 2.45) is 5.92 Å². The van der Waals surface area contributed by atoms with E-state index in [-0.39, 0.29) is 0 Å². The van der Waals surface area contributed by atoms with Crippen molar-refractivity contribution in [1.82, 2.24) is 25.0 Å². The molecule has 7 nitrogen and oxygen atoms in total. The van der Waals surface area contributed by atoms with Crippen molar-refractivity contribution in [1.29, 1.82) is 0 Å². The number of nitrogens with zero attached hydrogens (tertiary/aromatic N) is 6. The molecule has 2 aromatic rings. The molecule has 0 saturated carbocycles. The molecule has 2 aromatic heterocycles. The highest BCUT2D eigenvalue weighted by molar-refractivity contribution is 5.41. The first-order valence-corrected chi connectivity index (χ1v) is 7.23. The van der Waals surface area contributed by atoms with E-state index in [1.165, 1.54) is 0 Å². The summed E-state index contributed by atoms with van der Waals surface area (Å²) >= 11 is 0. The quantitative estimate of drug-likeness (QED) is 0.844. The number of rotatable bonds is 4. The molecule has 1 fully saturated rings. The van der Waals surface area contributed by atoms with Crippen molar-refractivity contribution in [2.45, 2.75) is 26.3 Å². The van der Waals surface area contributed by atoms with Crippen molar-refractivity contribution in [3.63, 3.8) is 0 Å². The zero-order valence-electron chi connectivity index (χ0n) is 12.4. The minimum absolute atomic E-state index is 0.440. The number of hydrogen-bond acceptors (Lipinski definition) is 6. The van der Waals surface area contributed by atoms with E-state index in [9.17, 15) is 0 Å². The van der Waals surface area contributed by atoms with E-state index in [0.29, 0.717) is 11.9 Å². The Morgan fingerprint density at radius 1 is 1.29 bits per heavy atom. The second-order valence-corrected chi connectivity index (χ2v) is 5.41. The Kier molecular flexibility index (Phi) is 3.98. The van der Waals surface area contributed by atoms with Crippen LogP contribution in [-0.4, -0.2) is 45.2 Å². The van der Waals surface area contributed by atoms with E-state index < -0.39 is 0 Å². The largest absolute Gasteiger partial charge is 0.467 e. The molecule has 0 amide bonds. The van der Waals surface area contributed by atoms with Crippen LogP contribution in [0.4, 0.5) is 5.82 Å². The first kappa shape index (κ1) is 13.8. The molecule has 0 bridgehead atoms. The van der Waals surface area contributed by atoms with Gasteiger partial charge in [0.1, 0.15) is 5.82 Å². The summed E-state index contributed by atoms with van der Waals surface area (Å²) in [6.07, 6.45) is 5.91. The number of anilines is 1. The van der Waals surface area contributed by atoms with E-state index in [2.05, 4.69) is 25.2 Å². The smallest absolute Gasteiger partial charge is 0.318 e. The molecule has 0 atom stereocenters. The van der Waals surface area contributed by atoms with Crippen LogP contribution in [0.2, 0.25) is 0 Å². The van der Waals surface area contributed by atoms with Crippen molar-refractivity contribution in [3.8, 4) is 6.01 Å². The number of methoxy groups -OCH3 is 1. The average molecular weight is 288 g/mol. The van der Waals surface area contributed by atoms with E-state index in [1.807, 2.05) is 23.9 Å². The highest BCUT2D eigenvalue weighted by atomic mass is 16.5. The van der Waals surface area contributed by atoms with E-state index in [4.69, 9.17) is 4.74 Å². The van der Waals surface area contributed by atoms with Gasteiger partial charge in [-0.1, -0.05) is 5.21 Å². The molecule has 0 spiro atoms. The van der Waals surface area contributed by atoms with Crippen molar-refractivity contribution in [2.75, 3.05) is 25.1 Å². The normalized spacial score (nSPS) is 16.2. The summed E-state index contributed by atoms with van der Waals surface area (Å²) in [7, 11) is 1.60. The van der Waals surface area contributed by atoms with Crippen LogP contribution in [0.3, 0.4) is 0 Å². The Labute approximate surface area is 124 Å². The molecule has 3 heterocycles. The Morgan fingerprint density at radius 3 is 2.76 bits per heavy atom. The van der Waals surface area contributed by atoms with Crippen molar-refractivity contribution in [3.05, 3.63) is 24.2 Å². The predicted octanol–water partition coefficient (Wildman–Crippen LogP) is 1.30. The van der Waals surface area contributed by atoms with Gasteiger partial charge in [0.25, 0.3) is 0 Å². The molecule has 112 valence electrons. The van der Waals surface area contributed by atoms with Gasteiger partial charge in [-0.2, -0.15) is 4.98 Å². The number of piperidine rings is 1. The highest BCUT2D eigenvalue weighted by Gasteiger charge is 2.21. The third-order valence-electron chi connectivity index (χ3n) is 3.86. The Hall–Kier alpha value is -2.18. The molecule has 21 heavy (non-hydrogen) atoms. The van der Waals surface area contributed by atoms with Gasteiger partial charge < -0.3 is 9.64 Å². The van der Waals surface area contributed by atoms with Crippen molar-refractivity contribution < 1.29 is 4.74 Å². The van der Waals surface area contributed by atoms with Gasteiger partial charge in [-0.05, 0) is 25.7 Å². The van der Waals surface area contributed by atoms with Gasteiger partial charge in [0.15, 0.2) is 0 Å². The second-order valence-electron chi connectivity index (χ2n) is 5.41. The van der Waals surface area contributed by atoms with Crippen LogP contribution in [-0.2, 0) is 6.54 Å². The second kappa shape index (κ2) is 6.07. The van der Waals surface area contributed by atoms with Gasteiger partial charge in [-0.15, -0.1) is 5.10 Å². The van der Waals surface area contributed by atoms with Crippen LogP contribution in [0.1, 0.15) is 18.5 Å². The van der Waals surface area contributed by atoms with E-state index >= 15 is 0 Å². The zero-order chi connectivity index (χ0) is 14.7. The minimum atomic E-state index is 0.440. The lowest BCUT2D eigenvalue weighted by Crippen LogP contribution is -2.35. The van der Waals surface area contributed by atoms with Crippen molar-refractivity contribution >= 4 is 5.82 Å². The third kappa shape index (κ3) is 3.29. The van der Waals surface area contributed by atoms with Crippen LogP contribution in [0.5, 0.6) is 6.01 Å². The lowest BCUT2D eigenvalue weighted by molar-refractivity contribution is 0.336. The van der Waals surface area contributed by atoms with Crippen LogP contribution in [0.25, 0.3) is 0 Å². The maximum Gasteiger partial charge on any atom is 0.318 e. The van der Waals surface area contributed by atoms with Crippen LogP contribution < -0.4 is 9.64 Å². The molecule has 3 rings (SSSR count). The molecular weight excluding hydrogens is 268 g/mol. The zero-order valence-corrected chi connectivity index (χ0v) is 12.4. The van der Waals surface area contributed by atoms with Gasteiger partial charge in [0.05, 0.1) is 13.3 Å². The molecule has 0 aromatic carbocycles. The molecular formula is C14H20N6O. The summed E-state index contributed by atoms with van der Waals surface area (Å²) in [5.74, 6) is 1.60. The Morgan fingerprint density at radius 2 is 2.10 bits per heavy atom. The summed E-state index contributed by atoms with van der Waals surface area (Å²) in [5, 5.41) is 7.89. The third-order valence-corrected chi connectivity index (χ3v) is 3.86. The molecule has 1 aliphatic rings. The van der Waals surface area contributed by atoms with Crippen LogP contribution in [0, 0.1) is 12.8 Å². The fourth-order valence-electron chi connectivity index (χ4n) is 2.72. The van der Waals surface area contributed by atoms with Gasteiger partial charge in [0, 0.05) is 37.6 Å². The number of aryl methyl sites for hydroxylation is 1. The first-order chi connectivity index (χ1) is 10.2. The lowest BCUT2D eigenvalue weighted by atomic mass is 9.97. The molecule has 0 aliphatic carbocycles. The van der Waals surface area contributed by atoms with Gasteiger partial charge >= 0.3 is 6.01 Å². The minimum Gasteiger partial charge on any atom is -0.467 e. The summed E-state index contributed by atoms with van der Waals surface area (Å²) in [6, 6.07) is 2.45. The monoisotopic (exact) mass is 288 g/mol.